The van der Waals surface area contributed by atoms with Gasteiger partial charge < -0.3 is 0 Å². The second-order valence-electron chi connectivity index (χ2n) is 4.20. The van der Waals surface area contributed by atoms with E-state index in [0.717, 1.165) is 12.8 Å². The molecule has 19 heavy (non-hydrogen) atoms. The van der Waals surface area contributed by atoms with E-state index < -0.39 is 0 Å². The fourth-order valence-corrected chi connectivity index (χ4v) is 4.56. The predicted molar refractivity (Wildman–Crippen MR) is 98.1 cm³/mol. The molecule has 3 heteroatoms. The van der Waals surface area contributed by atoms with Gasteiger partial charge in [-0.3, -0.25) is 0 Å². The topological polar surface area (TPSA) is 0 Å². The van der Waals surface area contributed by atoms with Gasteiger partial charge in [0.25, 0.3) is 0 Å². The Labute approximate surface area is 137 Å². The predicted octanol–water partition coefficient (Wildman–Crippen LogP) is 6.86. The van der Waals surface area contributed by atoms with Crippen LogP contribution in [0.3, 0.4) is 0 Å². The Bertz CT molecular complexity index is 560. The first kappa shape index (κ1) is 15.0. The molecule has 0 bridgehead atoms. The van der Waals surface area contributed by atoms with Crippen LogP contribution in [0.2, 0.25) is 0 Å². The van der Waals surface area contributed by atoms with Crippen molar-refractivity contribution >= 4 is 54.4 Å². The molecule has 2 aromatic heterocycles. The lowest BCUT2D eigenvalue weighted by Gasteiger charge is -2.13. The Morgan fingerprint density at radius 3 is 2.21 bits per heavy atom. The Morgan fingerprint density at radius 2 is 1.74 bits per heavy atom. The van der Waals surface area contributed by atoms with Gasteiger partial charge in [0.1, 0.15) is 0 Å². The molecule has 0 N–H and O–H groups in total. The highest BCUT2D eigenvalue weighted by Crippen LogP contribution is 2.39. The molecule has 0 radical (unpaired) electrons. The third-order valence-electron chi connectivity index (χ3n) is 2.96. The summed E-state index contributed by atoms with van der Waals surface area (Å²) in [5, 5.41) is 8.79. The van der Waals surface area contributed by atoms with Crippen molar-refractivity contribution in [2.24, 2.45) is 0 Å². The zero-order valence-electron chi connectivity index (χ0n) is 11.2. The number of thiophene rings is 2. The lowest BCUT2D eigenvalue weighted by Crippen LogP contribution is -1.90. The monoisotopic (exact) mass is 400 g/mol. The molecule has 0 saturated carbocycles. The van der Waals surface area contributed by atoms with Gasteiger partial charge >= 0.3 is 0 Å². The summed E-state index contributed by atoms with van der Waals surface area (Å²) in [6.07, 6.45) is 4.53. The van der Waals surface area contributed by atoms with Crippen LogP contribution in [0.25, 0.3) is 9.15 Å². The largest absolute Gasteiger partial charge is 0.152 e. The van der Waals surface area contributed by atoms with Gasteiger partial charge in [0, 0.05) is 3.58 Å². The first-order valence-corrected chi connectivity index (χ1v) is 9.38. The van der Waals surface area contributed by atoms with Crippen LogP contribution in [-0.4, -0.2) is 0 Å². The highest BCUT2D eigenvalue weighted by molar-refractivity contribution is 14.1. The average molecular weight is 400 g/mol. The molecule has 0 unspecified atom stereocenters. The summed E-state index contributed by atoms with van der Waals surface area (Å²) in [5.41, 5.74) is 5.55. The lowest BCUT2D eigenvalue weighted by molar-refractivity contribution is 1.11. The van der Waals surface area contributed by atoms with Gasteiger partial charge in [-0.2, -0.15) is 22.7 Å². The van der Waals surface area contributed by atoms with Crippen LogP contribution in [0, 0.1) is 0 Å². The standard InChI is InChI=1S/C16H17IS2/c1-3-5-12(4-2)15(13-6-8-18-10-13)16(17)14-7-9-19-11-14/h5-11H,3-4H2,1-2H3/b12-5+,16-15+. The number of allylic oxidation sites excluding steroid dienone is 3. The van der Waals surface area contributed by atoms with E-state index in [9.17, 15) is 0 Å². The number of hydrogen-bond acceptors (Lipinski definition) is 2. The molecule has 0 aliphatic rings. The van der Waals surface area contributed by atoms with E-state index in [1.54, 1.807) is 22.7 Å². The van der Waals surface area contributed by atoms with Crippen LogP contribution in [0.15, 0.2) is 45.3 Å². The summed E-state index contributed by atoms with van der Waals surface area (Å²) in [6.45, 7) is 4.45. The lowest BCUT2D eigenvalue weighted by atomic mass is 9.95. The van der Waals surface area contributed by atoms with Crippen molar-refractivity contribution < 1.29 is 0 Å². The highest BCUT2D eigenvalue weighted by atomic mass is 127. The second-order valence-corrected chi connectivity index (χ2v) is 6.84. The third-order valence-corrected chi connectivity index (χ3v) is 5.49. The van der Waals surface area contributed by atoms with Gasteiger partial charge in [0.05, 0.1) is 0 Å². The zero-order valence-corrected chi connectivity index (χ0v) is 14.9. The molecule has 100 valence electrons. The molecule has 2 rings (SSSR count). The Balaban J connectivity index is 2.58. The van der Waals surface area contributed by atoms with E-state index in [-0.39, 0.29) is 0 Å². The van der Waals surface area contributed by atoms with Crippen molar-refractivity contribution in [3.8, 4) is 0 Å². The molecule has 0 nitrogen and oxygen atoms in total. The summed E-state index contributed by atoms with van der Waals surface area (Å²) in [6, 6.07) is 4.43. The van der Waals surface area contributed by atoms with Gasteiger partial charge in [-0.1, -0.05) is 19.9 Å². The van der Waals surface area contributed by atoms with Gasteiger partial charge in [-0.25, -0.2) is 0 Å². The molecular weight excluding hydrogens is 383 g/mol. The molecule has 2 heterocycles. The minimum Gasteiger partial charge on any atom is -0.152 e. The van der Waals surface area contributed by atoms with Gasteiger partial charge in [-0.15, -0.1) is 0 Å². The summed E-state index contributed by atoms with van der Waals surface area (Å²) in [7, 11) is 0. The highest BCUT2D eigenvalue weighted by Gasteiger charge is 2.13. The van der Waals surface area contributed by atoms with Crippen LogP contribution in [-0.2, 0) is 0 Å². The van der Waals surface area contributed by atoms with Gasteiger partial charge in [0.2, 0.25) is 0 Å². The smallest absolute Gasteiger partial charge is 0.0292 e. The van der Waals surface area contributed by atoms with Crippen LogP contribution < -0.4 is 0 Å². The summed E-state index contributed by atoms with van der Waals surface area (Å²) in [5.74, 6) is 0. The normalized spacial score (nSPS) is 13.5. The second kappa shape index (κ2) is 7.41. The molecule has 0 aliphatic heterocycles. The van der Waals surface area contributed by atoms with E-state index in [4.69, 9.17) is 0 Å². The van der Waals surface area contributed by atoms with Crippen LogP contribution >= 0.6 is 45.3 Å². The summed E-state index contributed by atoms with van der Waals surface area (Å²) < 4.78 is 1.36. The average Bonchev–Trinajstić information content (AvgIpc) is 3.10. The van der Waals surface area contributed by atoms with Gasteiger partial charge in [-0.05, 0) is 91.4 Å². The van der Waals surface area contributed by atoms with Crippen molar-refractivity contribution in [2.45, 2.75) is 26.7 Å². The maximum absolute atomic E-state index is 2.50. The van der Waals surface area contributed by atoms with Crippen molar-refractivity contribution in [1.82, 2.24) is 0 Å². The minimum atomic E-state index is 1.08. The summed E-state index contributed by atoms with van der Waals surface area (Å²) >= 11 is 6.02. The molecule has 0 saturated heterocycles. The van der Waals surface area contributed by atoms with Crippen LogP contribution in [0.1, 0.15) is 37.8 Å². The Hall–Kier alpha value is -0.390. The number of hydrogen-bond donors (Lipinski definition) is 0. The van der Waals surface area contributed by atoms with Crippen LogP contribution in [0.5, 0.6) is 0 Å². The molecule has 0 aromatic carbocycles. The molecular formula is C16H17IS2. The molecule has 0 amide bonds. The molecule has 0 fully saturated rings. The Kier molecular flexibility index (Phi) is 5.85. The molecule has 0 spiro atoms. The van der Waals surface area contributed by atoms with Gasteiger partial charge in [0.15, 0.2) is 0 Å². The van der Waals surface area contributed by atoms with Crippen molar-refractivity contribution in [2.75, 3.05) is 0 Å². The van der Waals surface area contributed by atoms with Crippen molar-refractivity contribution in [3.63, 3.8) is 0 Å². The number of halogens is 1. The first-order valence-electron chi connectivity index (χ1n) is 6.42. The molecule has 0 atom stereocenters. The SMILES string of the molecule is CC/C=C(CC)/C(=C(\I)c1ccsc1)c1ccsc1. The Morgan fingerprint density at radius 1 is 1.11 bits per heavy atom. The first-order chi connectivity index (χ1) is 9.27. The summed E-state index contributed by atoms with van der Waals surface area (Å²) in [4.78, 5) is 0. The fourth-order valence-electron chi connectivity index (χ4n) is 2.06. The quantitative estimate of drug-likeness (QED) is 0.380. The van der Waals surface area contributed by atoms with Crippen LogP contribution in [0.4, 0.5) is 0 Å². The van der Waals surface area contributed by atoms with E-state index in [2.05, 4.69) is 76.2 Å². The van der Waals surface area contributed by atoms with E-state index in [1.165, 1.54) is 25.9 Å². The maximum Gasteiger partial charge on any atom is 0.0292 e. The van der Waals surface area contributed by atoms with Crippen molar-refractivity contribution in [1.29, 1.82) is 0 Å². The fraction of sp³-hybridized carbons (Fsp3) is 0.250. The van der Waals surface area contributed by atoms with E-state index >= 15 is 0 Å². The molecule has 2 aromatic rings. The molecule has 0 aliphatic carbocycles. The van der Waals surface area contributed by atoms with Crippen molar-refractivity contribution in [3.05, 3.63) is 56.4 Å². The van der Waals surface area contributed by atoms with E-state index in [0.29, 0.717) is 0 Å². The zero-order chi connectivity index (χ0) is 13.7. The minimum absolute atomic E-state index is 1.08. The maximum atomic E-state index is 2.50. The van der Waals surface area contributed by atoms with E-state index in [1.807, 2.05) is 0 Å². The third kappa shape index (κ3) is 3.58. The number of rotatable bonds is 5.